The number of anilines is 2. The number of thiazole rings is 1. The van der Waals surface area contributed by atoms with Crippen LogP contribution in [-0.4, -0.2) is 4.98 Å². The van der Waals surface area contributed by atoms with Crippen LogP contribution < -0.4 is 11.1 Å². The lowest BCUT2D eigenvalue weighted by Gasteiger charge is -2.15. The van der Waals surface area contributed by atoms with Crippen molar-refractivity contribution in [1.29, 1.82) is 5.26 Å². The standard InChI is InChI=1S/C14H16N4S/c1-8-14(19-10(3)17-8)9(2)18-12-4-5-13(16)11(6-12)7-15/h4-6,9,18H,16H2,1-3H3. The molecule has 98 valence electrons. The zero-order chi connectivity index (χ0) is 14.0. The second-order valence-corrected chi connectivity index (χ2v) is 5.70. The number of benzene rings is 1. The van der Waals surface area contributed by atoms with E-state index in [0.29, 0.717) is 11.3 Å². The van der Waals surface area contributed by atoms with E-state index in [1.54, 1.807) is 23.5 Å². The van der Waals surface area contributed by atoms with Crippen LogP contribution in [-0.2, 0) is 0 Å². The van der Waals surface area contributed by atoms with Crippen LogP contribution in [0.2, 0.25) is 0 Å². The molecular formula is C14H16N4S. The molecule has 1 aromatic carbocycles. The lowest BCUT2D eigenvalue weighted by molar-refractivity contribution is 0.890. The zero-order valence-electron chi connectivity index (χ0n) is 11.2. The molecule has 1 aromatic heterocycles. The SMILES string of the molecule is Cc1nc(C)c(C(C)Nc2ccc(N)c(C#N)c2)s1. The third-order valence-corrected chi connectivity index (χ3v) is 4.15. The van der Waals surface area contributed by atoms with Crippen LogP contribution in [0.3, 0.4) is 0 Å². The van der Waals surface area contributed by atoms with Crippen LogP contribution in [0.1, 0.15) is 34.1 Å². The molecule has 0 saturated carbocycles. The van der Waals surface area contributed by atoms with Crippen molar-refractivity contribution in [2.45, 2.75) is 26.8 Å². The predicted octanol–water partition coefficient (Wildman–Crippen LogP) is 3.39. The molecule has 4 nitrogen and oxygen atoms in total. The maximum atomic E-state index is 8.98. The Hall–Kier alpha value is -2.06. The normalized spacial score (nSPS) is 11.9. The van der Waals surface area contributed by atoms with Crippen molar-refractivity contribution in [2.24, 2.45) is 0 Å². The van der Waals surface area contributed by atoms with Gasteiger partial charge in [0.05, 0.1) is 22.3 Å². The molecule has 2 rings (SSSR count). The van der Waals surface area contributed by atoms with Gasteiger partial charge in [-0.05, 0) is 39.0 Å². The van der Waals surface area contributed by atoms with Gasteiger partial charge in [-0.1, -0.05) is 0 Å². The first-order valence-electron chi connectivity index (χ1n) is 6.01. The van der Waals surface area contributed by atoms with E-state index in [0.717, 1.165) is 16.4 Å². The van der Waals surface area contributed by atoms with Gasteiger partial charge in [0, 0.05) is 16.3 Å². The zero-order valence-corrected chi connectivity index (χ0v) is 12.0. The number of hydrogen-bond donors (Lipinski definition) is 2. The highest BCUT2D eigenvalue weighted by Crippen LogP contribution is 2.28. The van der Waals surface area contributed by atoms with Gasteiger partial charge in [0.25, 0.3) is 0 Å². The van der Waals surface area contributed by atoms with E-state index in [-0.39, 0.29) is 6.04 Å². The average molecular weight is 272 g/mol. The van der Waals surface area contributed by atoms with Crippen molar-refractivity contribution < 1.29 is 0 Å². The number of nitrogens with one attached hydrogen (secondary N) is 1. The van der Waals surface area contributed by atoms with Crippen LogP contribution in [0.15, 0.2) is 18.2 Å². The third kappa shape index (κ3) is 2.85. The minimum Gasteiger partial charge on any atom is -0.398 e. The van der Waals surface area contributed by atoms with Gasteiger partial charge >= 0.3 is 0 Å². The van der Waals surface area contributed by atoms with Gasteiger partial charge in [0.1, 0.15) is 6.07 Å². The molecule has 1 atom stereocenters. The fraction of sp³-hybridized carbons (Fsp3) is 0.286. The van der Waals surface area contributed by atoms with E-state index in [4.69, 9.17) is 11.0 Å². The van der Waals surface area contributed by atoms with Gasteiger partial charge < -0.3 is 11.1 Å². The molecule has 0 aliphatic carbocycles. The molecule has 0 bridgehead atoms. The summed E-state index contributed by atoms with van der Waals surface area (Å²) in [5.41, 5.74) is 8.66. The van der Waals surface area contributed by atoms with Crippen molar-refractivity contribution in [3.05, 3.63) is 39.3 Å². The van der Waals surface area contributed by atoms with Crippen molar-refractivity contribution in [1.82, 2.24) is 4.98 Å². The number of aryl methyl sites for hydroxylation is 2. The van der Waals surface area contributed by atoms with Crippen molar-refractivity contribution in [3.63, 3.8) is 0 Å². The van der Waals surface area contributed by atoms with Gasteiger partial charge in [-0.25, -0.2) is 4.98 Å². The number of nitriles is 1. The topological polar surface area (TPSA) is 74.7 Å². The highest BCUT2D eigenvalue weighted by molar-refractivity contribution is 7.11. The molecule has 5 heteroatoms. The number of nitrogen functional groups attached to an aromatic ring is 1. The lowest BCUT2D eigenvalue weighted by Crippen LogP contribution is -2.06. The fourth-order valence-electron chi connectivity index (χ4n) is 2.01. The summed E-state index contributed by atoms with van der Waals surface area (Å²) in [5.74, 6) is 0. The molecule has 0 saturated heterocycles. The van der Waals surface area contributed by atoms with Crippen LogP contribution in [0.25, 0.3) is 0 Å². The Morgan fingerprint density at radius 3 is 2.74 bits per heavy atom. The van der Waals surface area contributed by atoms with Gasteiger partial charge in [-0.15, -0.1) is 11.3 Å². The Labute approximate surface area is 116 Å². The largest absolute Gasteiger partial charge is 0.398 e. The molecule has 0 aliphatic heterocycles. The van der Waals surface area contributed by atoms with E-state index in [9.17, 15) is 0 Å². The minimum absolute atomic E-state index is 0.154. The van der Waals surface area contributed by atoms with E-state index in [1.807, 2.05) is 19.9 Å². The maximum absolute atomic E-state index is 8.98. The van der Waals surface area contributed by atoms with E-state index in [1.165, 1.54) is 4.88 Å². The van der Waals surface area contributed by atoms with Gasteiger partial charge in [0.15, 0.2) is 0 Å². The Morgan fingerprint density at radius 1 is 1.42 bits per heavy atom. The molecule has 0 spiro atoms. The van der Waals surface area contributed by atoms with Gasteiger partial charge in [-0.3, -0.25) is 0 Å². The predicted molar refractivity (Wildman–Crippen MR) is 79.2 cm³/mol. The number of rotatable bonds is 3. The van der Waals surface area contributed by atoms with E-state index in [2.05, 4.69) is 23.3 Å². The summed E-state index contributed by atoms with van der Waals surface area (Å²) in [6.07, 6.45) is 0. The smallest absolute Gasteiger partial charge is 0.101 e. The van der Waals surface area contributed by atoms with Crippen LogP contribution in [0.5, 0.6) is 0 Å². The molecule has 0 radical (unpaired) electrons. The average Bonchev–Trinajstić information content (AvgIpc) is 2.71. The Morgan fingerprint density at radius 2 is 2.16 bits per heavy atom. The van der Waals surface area contributed by atoms with E-state index < -0.39 is 0 Å². The number of nitrogens with two attached hydrogens (primary N) is 1. The Kier molecular flexibility index (Phi) is 3.72. The Balaban J connectivity index is 2.22. The first-order valence-corrected chi connectivity index (χ1v) is 6.83. The fourth-order valence-corrected chi connectivity index (χ4v) is 2.94. The molecule has 19 heavy (non-hydrogen) atoms. The van der Waals surface area contributed by atoms with Crippen LogP contribution in [0, 0.1) is 25.2 Å². The highest BCUT2D eigenvalue weighted by Gasteiger charge is 2.13. The molecular weight excluding hydrogens is 256 g/mol. The van der Waals surface area contributed by atoms with Crippen LogP contribution >= 0.6 is 11.3 Å². The summed E-state index contributed by atoms with van der Waals surface area (Å²) in [4.78, 5) is 5.64. The lowest BCUT2D eigenvalue weighted by atomic mass is 10.1. The molecule has 3 N–H and O–H groups in total. The molecule has 1 unspecified atom stereocenters. The van der Waals surface area contributed by atoms with Crippen molar-refractivity contribution in [3.8, 4) is 6.07 Å². The molecule has 2 aromatic rings. The summed E-state index contributed by atoms with van der Waals surface area (Å²) in [7, 11) is 0. The number of aromatic nitrogens is 1. The summed E-state index contributed by atoms with van der Waals surface area (Å²) >= 11 is 1.69. The van der Waals surface area contributed by atoms with Crippen molar-refractivity contribution in [2.75, 3.05) is 11.1 Å². The number of nitrogens with zero attached hydrogens (tertiary/aromatic N) is 2. The second kappa shape index (κ2) is 5.29. The quantitative estimate of drug-likeness (QED) is 0.840. The maximum Gasteiger partial charge on any atom is 0.101 e. The van der Waals surface area contributed by atoms with Gasteiger partial charge in [0.2, 0.25) is 0 Å². The Bertz CT molecular complexity index is 639. The minimum atomic E-state index is 0.154. The van der Waals surface area contributed by atoms with Crippen LogP contribution in [0.4, 0.5) is 11.4 Å². The molecule has 0 fully saturated rings. The summed E-state index contributed by atoms with van der Waals surface area (Å²) in [5, 5.41) is 13.4. The van der Waals surface area contributed by atoms with Crippen molar-refractivity contribution >= 4 is 22.7 Å². The molecule has 0 amide bonds. The first kappa shape index (κ1) is 13.4. The monoisotopic (exact) mass is 272 g/mol. The summed E-state index contributed by atoms with van der Waals surface area (Å²) in [6.45, 7) is 6.11. The van der Waals surface area contributed by atoms with Gasteiger partial charge in [-0.2, -0.15) is 5.26 Å². The second-order valence-electron chi connectivity index (χ2n) is 4.46. The van der Waals surface area contributed by atoms with E-state index >= 15 is 0 Å². The molecule has 0 aliphatic rings. The summed E-state index contributed by atoms with van der Waals surface area (Å²) < 4.78 is 0. The molecule has 1 heterocycles. The highest BCUT2D eigenvalue weighted by atomic mass is 32.1. The number of hydrogen-bond acceptors (Lipinski definition) is 5. The first-order chi connectivity index (χ1) is 9.01. The summed E-state index contributed by atoms with van der Waals surface area (Å²) in [6, 6.07) is 7.65. The third-order valence-electron chi connectivity index (χ3n) is 2.89.